The summed E-state index contributed by atoms with van der Waals surface area (Å²) in [6.07, 6.45) is -4.07. The van der Waals surface area contributed by atoms with E-state index in [9.17, 15) is 22.4 Å². The molecular formula is C20H23F4IN4O. The van der Waals surface area contributed by atoms with Gasteiger partial charge in [-0.1, -0.05) is 18.2 Å². The number of carbonyl (C=O) groups is 1. The second-order valence-electron chi connectivity index (χ2n) is 6.18. The maximum Gasteiger partial charge on any atom is 0.416 e. The van der Waals surface area contributed by atoms with Gasteiger partial charge in [0.2, 0.25) is 0 Å². The Balaban J connectivity index is 0.00000450. The van der Waals surface area contributed by atoms with Crippen molar-refractivity contribution in [3.8, 4) is 0 Å². The van der Waals surface area contributed by atoms with Crippen LogP contribution in [0.1, 0.15) is 27.0 Å². The zero-order valence-electron chi connectivity index (χ0n) is 16.4. The lowest BCUT2D eigenvalue weighted by molar-refractivity contribution is -0.138. The number of hydrogen-bond donors (Lipinski definition) is 3. The normalized spacial score (nSPS) is 11.5. The van der Waals surface area contributed by atoms with Crippen LogP contribution in [0.2, 0.25) is 0 Å². The molecule has 0 saturated carbocycles. The van der Waals surface area contributed by atoms with Gasteiger partial charge < -0.3 is 16.0 Å². The highest BCUT2D eigenvalue weighted by Crippen LogP contribution is 2.32. The zero-order valence-corrected chi connectivity index (χ0v) is 18.8. The van der Waals surface area contributed by atoms with Crippen molar-refractivity contribution < 1.29 is 22.4 Å². The summed E-state index contributed by atoms with van der Waals surface area (Å²) >= 11 is 0. The fraction of sp³-hybridized carbons (Fsp3) is 0.300. The number of benzene rings is 2. The molecule has 2 rings (SSSR count). The topological polar surface area (TPSA) is 65.5 Å². The second kappa shape index (κ2) is 11.7. The Morgan fingerprint density at radius 3 is 2.47 bits per heavy atom. The van der Waals surface area contributed by atoms with E-state index >= 15 is 0 Å². The molecule has 0 radical (unpaired) electrons. The molecule has 5 nitrogen and oxygen atoms in total. The first-order valence-electron chi connectivity index (χ1n) is 8.85. The van der Waals surface area contributed by atoms with Gasteiger partial charge in [0.15, 0.2) is 5.96 Å². The molecule has 1 amide bonds. The minimum absolute atomic E-state index is 0. The summed E-state index contributed by atoms with van der Waals surface area (Å²) in [7, 11) is 3.05. The lowest BCUT2D eigenvalue weighted by atomic mass is 10.1. The molecule has 0 fully saturated rings. The summed E-state index contributed by atoms with van der Waals surface area (Å²) in [6.45, 7) is 0.285. The van der Waals surface area contributed by atoms with Gasteiger partial charge in [-0.15, -0.1) is 24.0 Å². The number of alkyl halides is 3. The van der Waals surface area contributed by atoms with Gasteiger partial charge in [-0.3, -0.25) is 9.79 Å². The summed E-state index contributed by atoms with van der Waals surface area (Å²) < 4.78 is 52.4. The molecule has 0 aromatic heterocycles. The number of hydrogen-bond acceptors (Lipinski definition) is 2. The molecule has 164 valence electrons. The third-order valence-corrected chi connectivity index (χ3v) is 4.17. The van der Waals surface area contributed by atoms with Crippen molar-refractivity contribution in [2.75, 3.05) is 20.6 Å². The van der Waals surface area contributed by atoms with Crippen LogP contribution in [0.5, 0.6) is 0 Å². The lowest BCUT2D eigenvalue weighted by Gasteiger charge is -2.16. The Morgan fingerprint density at radius 1 is 1.10 bits per heavy atom. The van der Waals surface area contributed by atoms with E-state index in [1.165, 1.54) is 7.05 Å². The largest absolute Gasteiger partial charge is 0.416 e. The Morgan fingerprint density at radius 2 is 1.83 bits per heavy atom. The first kappa shape index (κ1) is 25.7. The summed E-state index contributed by atoms with van der Waals surface area (Å²) in [5.41, 5.74) is 0.363. The molecule has 0 spiro atoms. The van der Waals surface area contributed by atoms with Crippen molar-refractivity contribution in [2.24, 2.45) is 4.99 Å². The van der Waals surface area contributed by atoms with Gasteiger partial charge in [0.1, 0.15) is 5.82 Å². The average molecular weight is 538 g/mol. The second-order valence-corrected chi connectivity index (χ2v) is 6.18. The van der Waals surface area contributed by atoms with Crippen LogP contribution in [0, 0.1) is 5.82 Å². The van der Waals surface area contributed by atoms with Gasteiger partial charge in [0.25, 0.3) is 5.91 Å². The average Bonchev–Trinajstić information content (AvgIpc) is 2.70. The van der Waals surface area contributed by atoms with E-state index in [0.29, 0.717) is 30.6 Å². The Bertz CT molecular complexity index is 887. The first-order valence-corrected chi connectivity index (χ1v) is 8.85. The minimum atomic E-state index is -4.65. The monoisotopic (exact) mass is 538 g/mol. The van der Waals surface area contributed by atoms with Crippen LogP contribution in [0.15, 0.2) is 47.5 Å². The van der Waals surface area contributed by atoms with E-state index in [2.05, 4.69) is 20.9 Å². The number of nitrogens with zero attached hydrogens (tertiary/aromatic N) is 1. The molecule has 30 heavy (non-hydrogen) atoms. The van der Waals surface area contributed by atoms with Gasteiger partial charge in [0.05, 0.1) is 5.56 Å². The van der Waals surface area contributed by atoms with E-state index in [0.717, 1.165) is 17.7 Å². The van der Waals surface area contributed by atoms with Gasteiger partial charge in [-0.2, -0.15) is 13.2 Å². The van der Waals surface area contributed by atoms with Crippen molar-refractivity contribution in [1.29, 1.82) is 0 Å². The fourth-order valence-corrected chi connectivity index (χ4v) is 2.70. The van der Waals surface area contributed by atoms with Gasteiger partial charge in [0, 0.05) is 32.7 Å². The summed E-state index contributed by atoms with van der Waals surface area (Å²) in [4.78, 5) is 15.7. The smallest absolute Gasteiger partial charge is 0.356 e. The van der Waals surface area contributed by atoms with E-state index in [-0.39, 0.29) is 42.0 Å². The third kappa shape index (κ3) is 7.47. The van der Waals surface area contributed by atoms with Gasteiger partial charge in [-0.05, 0) is 41.8 Å². The molecule has 0 aliphatic heterocycles. The summed E-state index contributed by atoms with van der Waals surface area (Å²) in [5.74, 6) is -0.815. The maximum atomic E-state index is 13.2. The summed E-state index contributed by atoms with van der Waals surface area (Å²) in [5, 5.41) is 8.35. The van der Waals surface area contributed by atoms with Crippen LogP contribution in [0.25, 0.3) is 0 Å². The lowest BCUT2D eigenvalue weighted by Crippen LogP contribution is -2.38. The van der Waals surface area contributed by atoms with Gasteiger partial charge >= 0.3 is 6.18 Å². The van der Waals surface area contributed by atoms with E-state index in [1.54, 1.807) is 25.2 Å². The highest BCUT2D eigenvalue weighted by molar-refractivity contribution is 14.0. The Kier molecular flexibility index (Phi) is 10.0. The fourth-order valence-electron chi connectivity index (χ4n) is 2.70. The molecule has 2 aromatic rings. The number of aliphatic imine (C=N–C) groups is 1. The predicted octanol–water partition coefficient (Wildman–Crippen LogP) is 3.73. The van der Waals surface area contributed by atoms with Crippen LogP contribution in [-0.4, -0.2) is 32.5 Å². The number of halogens is 5. The molecule has 0 unspecified atom stereocenters. The number of rotatable bonds is 6. The van der Waals surface area contributed by atoms with Crippen molar-refractivity contribution in [3.05, 3.63) is 70.5 Å². The number of amides is 1. The highest BCUT2D eigenvalue weighted by Gasteiger charge is 2.33. The van der Waals surface area contributed by atoms with Crippen molar-refractivity contribution in [2.45, 2.75) is 19.1 Å². The quantitative estimate of drug-likeness (QED) is 0.228. The van der Waals surface area contributed by atoms with E-state index in [4.69, 9.17) is 0 Å². The van der Waals surface area contributed by atoms with Crippen molar-refractivity contribution in [3.63, 3.8) is 0 Å². The molecular weight excluding hydrogens is 515 g/mol. The Hall–Kier alpha value is -2.37. The maximum absolute atomic E-state index is 13.2. The third-order valence-electron chi connectivity index (χ3n) is 4.17. The zero-order chi connectivity index (χ0) is 21.4. The molecule has 2 aromatic carbocycles. The molecule has 10 heteroatoms. The summed E-state index contributed by atoms with van der Waals surface area (Å²) in [6, 6.07) is 9.69. The highest BCUT2D eigenvalue weighted by atomic mass is 127. The van der Waals surface area contributed by atoms with Gasteiger partial charge in [-0.25, -0.2) is 4.39 Å². The van der Waals surface area contributed by atoms with Crippen LogP contribution in [0.4, 0.5) is 17.6 Å². The minimum Gasteiger partial charge on any atom is -0.356 e. The first-order chi connectivity index (χ1) is 13.7. The SMILES string of the molecule is CN=C(NCCc1cccc(C(=O)NC)c1)NCc1ccc(F)cc1C(F)(F)F.I. The predicted molar refractivity (Wildman–Crippen MR) is 119 cm³/mol. The molecule has 0 saturated heterocycles. The molecule has 3 N–H and O–H groups in total. The molecule has 0 heterocycles. The molecule has 0 atom stereocenters. The molecule has 0 bridgehead atoms. The van der Waals surface area contributed by atoms with Crippen LogP contribution in [-0.2, 0) is 19.1 Å². The van der Waals surface area contributed by atoms with E-state index in [1.807, 2.05) is 6.07 Å². The molecule has 0 aliphatic rings. The number of carbonyl (C=O) groups excluding carboxylic acids is 1. The van der Waals surface area contributed by atoms with Crippen molar-refractivity contribution >= 4 is 35.8 Å². The number of nitrogens with one attached hydrogen (secondary N) is 3. The van der Waals surface area contributed by atoms with Crippen molar-refractivity contribution in [1.82, 2.24) is 16.0 Å². The van der Waals surface area contributed by atoms with E-state index < -0.39 is 17.6 Å². The van der Waals surface area contributed by atoms with Crippen LogP contribution < -0.4 is 16.0 Å². The Labute approximate surface area is 189 Å². The molecule has 0 aliphatic carbocycles. The van der Waals surface area contributed by atoms with Crippen LogP contribution in [0.3, 0.4) is 0 Å². The standard InChI is InChI=1S/C20H22F4N4O.HI/c1-25-18(29)14-5-3-4-13(10-14)8-9-27-19(26-2)28-12-15-6-7-16(21)11-17(15)20(22,23)24;/h3-7,10-11H,8-9,12H2,1-2H3,(H,25,29)(H2,26,27,28);1H. The van der Waals surface area contributed by atoms with Crippen LogP contribution >= 0.6 is 24.0 Å². The number of guanidine groups is 1.